The number of nitrogens with zero attached hydrogens (tertiary/aromatic N) is 2. The lowest BCUT2D eigenvalue weighted by Crippen LogP contribution is -2.71. The fourth-order valence-electron chi connectivity index (χ4n) is 8.22. The second-order valence-electron chi connectivity index (χ2n) is 11.1. The topological polar surface area (TPSA) is 54.7 Å². The first-order valence-electron chi connectivity index (χ1n) is 13.2. The molecular weight excluding hydrogens is 436 g/mol. The summed E-state index contributed by atoms with van der Waals surface area (Å²) in [6.45, 7) is 4.63. The molecule has 5 nitrogen and oxygen atoms in total. The molecule has 0 saturated heterocycles. The number of likely N-dealkylation sites (N-methyl/N-ethyl adjacent to an activating group) is 1. The zero-order valence-electron chi connectivity index (χ0n) is 21.1. The van der Waals surface area contributed by atoms with E-state index in [9.17, 15) is 5.26 Å². The van der Waals surface area contributed by atoms with Gasteiger partial charge in [0.15, 0.2) is 0 Å². The minimum absolute atomic E-state index is 0.0681. The van der Waals surface area contributed by atoms with Gasteiger partial charge in [-0.3, -0.25) is 0 Å². The highest BCUT2D eigenvalue weighted by atomic mass is 16.6. The summed E-state index contributed by atoms with van der Waals surface area (Å²) >= 11 is 0. The summed E-state index contributed by atoms with van der Waals surface area (Å²) in [7, 11) is 4.15. The number of rotatable bonds is 8. The standard InChI is InChI=1S/C30H36N2O3/c1-4-14-32(2)24-15-21-10-11-22(17-31)27-25(21)26-28(35-27)30(33-3)13-12-29(24,26)16-23(30)19-34-18-20-8-6-5-7-9-20/h5-11,23-24,26,28H,4,12-16,18-19H2,1-3H3/t23-,24-,26?,28-,29+,30-/m1/s1. The van der Waals surface area contributed by atoms with Crippen molar-refractivity contribution in [2.45, 2.75) is 69.3 Å². The Bertz CT molecular complexity index is 1140. The van der Waals surface area contributed by atoms with Crippen LogP contribution in [0.15, 0.2) is 42.5 Å². The fourth-order valence-corrected chi connectivity index (χ4v) is 8.22. The third-order valence-corrected chi connectivity index (χ3v) is 9.66. The van der Waals surface area contributed by atoms with Crippen LogP contribution < -0.4 is 4.74 Å². The number of ether oxygens (including phenoxy) is 3. The summed E-state index contributed by atoms with van der Waals surface area (Å²) in [5.41, 5.74) is 4.25. The van der Waals surface area contributed by atoms with E-state index in [-0.39, 0.29) is 23.4 Å². The summed E-state index contributed by atoms with van der Waals surface area (Å²) in [6, 6.07) is 17.4. The van der Waals surface area contributed by atoms with Crippen molar-refractivity contribution in [2.75, 3.05) is 27.3 Å². The van der Waals surface area contributed by atoms with Crippen LogP contribution in [0.2, 0.25) is 0 Å². The Kier molecular flexibility index (Phi) is 5.67. The molecule has 6 atom stereocenters. The maximum Gasteiger partial charge on any atom is 0.141 e. The molecule has 7 rings (SSSR count). The van der Waals surface area contributed by atoms with E-state index < -0.39 is 5.60 Å². The Balaban J connectivity index is 1.40. The van der Waals surface area contributed by atoms with E-state index in [0.29, 0.717) is 24.8 Å². The molecule has 2 aromatic rings. The molecule has 1 spiro atoms. The van der Waals surface area contributed by atoms with Crippen LogP contribution in [0.5, 0.6) is 5.75 Å². The van der Waals surface area contributed by atoms with Gasteiger partial charge in [0.2, 0.25) is 0 Å². The molecule has 5 aliphatic rings. The molecule has 0 radical (unpaired) electrons. The highest BCUT2D eigenvalue weighted by molar-refractivity contribution is 5.60. The summed E-state index contributed by atoms with van der Waals surface area (Å²) in [4.78, 5) is 2.60. The number of nitriles is 1. The summed E-state index contributed by atoms with van der Waals surface area (Å²) in [6.07, 6.45) is 5.29. The van der Waals surface area contributed by atoms with Crippen molar-refractivity contribution < 1.29 is 14.2 Å². The van der Waals surface area contributed by atoms with Crippen LogP contribution in [-0.2, 0) is 22.5 Å². The molecule has 4 aliphatic carbocycles. The third-order valence-electron chi connectivity index (χ3n) is 9.66. The van der Waals surface area contributed by atoms with Crippen LogP contribution in [-0.4, -0.2) is 50.0 Å². The summed E-state index contributed by atoms with van der Waals surface area (Å²) in [5, 5.41) is 9.87. The number of hydrogen-bond acceptors (Lipinski definition) is 5. The van der Waals surface area contributed by atoms with E-state index in [1.807, 2.05) is 19.2 Å². The summed E-state index contributed by atoms with van der Waals surface area (Å²) < 4.78 is 19.6. The van der Waals surface area contributed by atoms with Gasteiger partial charge in [-0.05, 0) is 68.3 Å². The Hall–Kier alpha value is -2.39. The van der Waals surface area contributed by atoms with Crippen molar-refractivity contribution in [2.24, 2.45) is 11.3 Å². The molecule has 0 aromatic heterocycles. The Morgan fingerprint density at radius 1 is 1.17 bits per heavy atom. The molecule has 184 valence electrons. The molecule has 3 fully saturated rings. The van der Waals surface area contributed by atoms with Gasteiger partial charge in [0.05, 0.1) is 18.8 Å². The molecule has 1 heterocycles. The van der Waals surface area contributed by atoms with Crippen molar-refractivity contribution in [1.82, 2.24) is 4.90 Å². The van der Waals surface area contributed by atoms with E-state index in [1.165, 1.54) is 16.7 Å². The average molecular weight is 473 g/mol. The van der Waals surface area contributed by atoms with Crippen LogP contribution in [0.3, 0.4) is 0 Å². The third kappa shape index (κ3) is 3.23. The minimum atomic E-state index is -0.392. The predicted molar refractivity (Wildman–Crippen MR) is 134 cm³/mol. The Morgan fingerprint density at radius 2 is 2.00 bits per heavy atom. The Morgan fingerprint density at radius 3 is 2.74 bits per heavy atom. The molecule has 0 amide bonds. The number of methoxy groups -OCH3 is 1. The second-order valence-corrected chi connectivity index (χ2v) is 11.1. The van der Waals surface area contributed by atoms with E-state index >= 15 is 0 Å². The lowest BCUT2D eigenvalue weighted by atomic mass is 9.43. The van der Waals surface area contributed by atoms with E-state index in [1.54, 1.807) is 0 Å². The van der Waals surface area contributed by atoms with E-state index in [2.05, 4.69) is 55.3 Å². The van der Waals surface area contributed by atoms with Gasteiger partial charge in [-0.2, -0.15) is 5.26 Å². The van der Waals surface area contributed by atoms with Crippen LogP contribution in [0.4, 0.5) is 0 Å². The van der Waals surface area contributed by atoms with E-state index in [0.717, 1.165) is 44.4 Å². The first kappa shape index (κ1) is 23.0. The van der Waals surface area contributed by atoms with Crippen molar-refractivity contribution in [1.29, 1.82) is 5.26 Å². The minimum Gasteiger partial charge on any atom is -0.485 e. The molecule has 5 heteroatoms. The lowest BCUT2D eigenvalue weighted by molar-refractivity contribution is -0.242. The molecule has 3 saturated carbocycles. The first-order chi connectivity index (χ1) is 17.1. The molecule has 1 aliphatic heterocycles. The maximum absolute atomic E-state index is 9.87. The van der Waals surface area contributed by atoms with Gasteiger partial charge >= 0.3 is 0 Å². The average Bonchev–Trinajstić information content (AvgIpc) is 3.32. The second kappa shape index (κ2) is 8.62. The highest BCUT2D eigenvalue weighted by Crippen LogP contribution is 2.71. The normalized spacial score (nSPS) is 33.9. The fraction of sp³-hybridized carbons (Fsp3) is 0.567. The van der Waals surface area contributed by atoms with Crippen LogP contribution in [0.1, 0.15) is 60.8 Å². The molecule has 35 heavy (non-hydrogen) atoms. The molecule has 2 bridgehead atoms. The number of fused-ring (bicyclic) bond motifs is 2. The molecule has 0 N–H and O–H groups in total. The largest absolute Gasteiger partial charge is 0.485 e. The highest BCUT2D eigenvalue weighted by Gasteiger charge is 2.72. The van der Waals surface area contributed by atoms with Gasteiger partial charge in [0.25, 0.3) is 0 Å². The first-order valence-corrected chi connectivity index (χ1v) is 13.2. The zero-order chi connectivity index (χ0) is 24.2. The molecule has 1 unspecified atom stereocenters. The number of benzene rings is 2. The lowest BCUT2D eigenvalue weighted by Gasteiger charge is -2.66. The van der Waals surface area contributed by atoms with Gasteiger partial charge < -0.3 is 19.1 Å². The van der Waals surface area contributed by atoms with Crippen molar-refractivity contribution >= 4 is 0 Å². The SMILES string of the molecule is CCCN(C)[C@@H]1Cc2ccc(C#N)c3c2C2[C@@H](O3)[C@@]3(OC)CC[C@@]21C[C@@H]3COCc1ccccc1. The smallest absolute Gasteiger partial charge is 0.141 e. The van der Waals surface area contributed by atoms with Crippen molar-refractivity contribution in [3.8, 4) is 11.8 Å². The Labute approximate surface area is 209 Å². The molecular formula is C30H36N2O3. The zero-order valence-corrected chi connectivity index (χ0v) is 21.1. The summed E-state index contributed by atoms with van der Waals surface area (Å²) in [5.74, 6) is 1.36. The van der Waals surface area contributed by atoms with Crippen LogP contribution in [0, 0.1) is 22.7 Å². The predicted octanol–water partition coefficient (Wildman–Crippen LogP) is 5.07. The van der Waals surface area contributed by atoms with Crippen LogP contribution in [0.25, 0.3) is 0 Å². The van der Waals surface area contributed by atoms with Crippen LogP contribution >= 0.6 is 0 Å². The van der Waals surface area contributed by atoms with Gasteiger partial charge in [-0.1, -0.05) is 43.3 Å². The van der Waals surface area contributed by atoms with Crippen molar-refractivity contribution in [3.63, 3.8) is 0 Å². The quantitative estimate of drug-likeness (QED) is 0.537. The molecule has 2 aromatic carbocycles. The number of hydrogen-bond donors (Lipinski definition) is 0. The van der Waals surface area contributed by atoms with E-state index in [4.69, 9.17) is 14.2 Å². The van der Waals surface area contributed by atoms with Gasteiger partial charge in [0, 0.05) is 30.6 Å². The monoisotopic (exact) mass is 472 g/mol. The maximum atomic E-state index is 9.87. The van der Waals surface area contributed by atoms with Gasteiger partial charge in [0.1, 0.15) is 23.5 Å². The van der Waals surface area contributed by atoms with Crippen molar-refractivity contribution in [3.05, 3.63) is 64.7 Å². The van der Waals surface area contributed by atoms with Gasteiger partial charge in [-0.15, -0.1) is 0 Å². The van der Waals surface area contributed by atoms with Gasteiger partial charge in [-0.25, -0.2) is 0 Å².